The van der Waals surface area contributed by atoms with Gasteiger partial charge in [0.25, 0.3) is 0 Å². The van der Waals surface area contributed by atoms with Crippen LogP contribution in [-0.4, -0.2) is 39.0 Å². The highest BCUT2D eigenvalue weighted by atomic mass is 35.5. The summed E-state index contributed by atoms with van der Waals surface area (Å²) in [5.74, 6) is 0. The van der Waals surface area contributed by atoms with Crippen LogP contribution in [0.15, 0.2) is 23.1 Å². The zero-order chi connectivity index (χ0) is 14.8. The minimum Gasteiger partial charge on any atom is -0.399 e. The van der Waals surface area contributed by atoms with Gasteiger partial charge in [-0.1, -0.05) is 18.5 Å². The van der Waals surface area contributed by atoms with Crippen LogP contribution < -0.4 is 10.5 Å². The molecule has 0 bridgehead atoms. The molecule has 1 aliphatic heterocycles. The van der Waals surface area contributed by atoms with Crippen LogP contribution in [0.25, 0.3) is 0 Å². The molecule has 0 aromatic heterocycles. The lowest BCUT2D eigenvalue weighted by Gasteiger charge is -2.23. The van der Waals surface area contributed by atoms with Crippen molar-refractivity contribution in [1.82, 2.24) is 9.62 Å². The summed E-state index contributed by atoms with van der Waals surface area (Å²) in [4.78, 5) is 2.32. The first kappa shape index (κ1) is 15.6. The van der Waals surface area contributed by atoms with Gasteiger partial charge in [0.1, 0.15) is 4.90 Å². The van der Waals surface area contributed by atoms with Crippen molar-refractivity contribution in [2.45, 2.75) is 30.7 Å². The smallest absolute Gasteiger partial charge is 0.242 e. The second kappa shape index (κ2) is 6.30. The van der Waals surface area contributed by atoms with Crippen LogP contribution in [0.3, 0.4) is 0 Å². The Bertz CT molecular complexity index is 577. The molecule has 5 nitrogen and oxygen atoms in total. The molecule has 0 amide bonds. The first-order valence-electron chi connectivity index (χ1n) is 6.73. The van der Waals surface area contributed by atoms with E-state index in [0.29, 0.717) is 12.2 Å². The van der Waals surface area contributed by atoms with Crippen molar-refractivity contribution in [2.75, 3.05) is 25.4 Å². The fraction of sp³-hybridized carbons (Fsp3) is 0.538. The summed E-state index contributed by atoms with van der Waals surface area (Å²) >= 11 is 5.95. The predicted octanol–water partition coefficient (Wildman–Crippen LogP) is 1.68. The molecule has 20 heavy (non-hydrogen) atoms. The zero-order valence-corrected chi connectivity index (χ0v) is 13.0. The monoisotopic (exact) mass is 317 g/mol. The number of nitrogens with zero attached hydrogens (tertiary/aromatic N) is 1. The molecule has 1 aromatic carbocycles. The highest BCUT2D eigenvalue weighted by molar-refractivity contribution is 7.89. The topological polar surface area (TPSA) is 75.4 Å². The number of likely N-dealkylation sites (N-methyl/N-ethyl adjacent to an activating group) is 1. The van der Waals surface area contributed by atoms with E-state index in [-0.39, 0.29) is 16.0 Å². The molecular weight excluding hydrogens is 298 g/mol. The third-order valence-corrected chi connectivity index (χ3v) is 5.56. The van der Waals surface area contributed by atoms with E-state index in [1.165, 1.54) is 12.1 Å². The van der Waals surface area contributed by atoms with Crippen LogP contribution in [0.1, 0.15) is 19.8 Å². The van der Waals surface area contributed by atoms with Crippen molar-refractivity contribution >= 4 is 27.3 Å². The minimum atomic E-state index is -3.62. The summed E-state index contributed by atoms with van der Waals surface area (Å²) in [5, 5.41) is 0.186. The molecule has 1 aliphatic rings. The van der Waals surface area contributed by atoms with Gasteiger partial charge in [0.15, 0.2) is 0 Å². The molecule has 0 radical (unpaired) electrons. The van der Waals surface area contributed by atoms with E-state index in [1.807, 2.05) is 0 Å². The summed E-state index contributed by atoms with van der Waals surface area (Å²) < 4.78 is 27.2. The molecule has 3 N–H and O–H groups in total. The quantitative estimate of drug-likeness (QED) is 0.810. The third-order valence-electron chi connectivity index (χ3n) is 3.66. The number of halogens is 1. The number of hydrogen-bond donors (Lipinski definition) is 2. The second-order valence-corrected chi connectivity index (χ2v) is 7.11. The molecule has 2 rings (SSSR count). The third kappa shape index (κ3) is 3.44. The van der Waals surface area contributed by atoms with Crippen molar-refractivity contribution in [2.24, 2.45) is 0 Å². The Morgan fingerprint density at radius 2 is 2.25 bits per heavy atom. The first-order chi connectivity index (χ1) is 9.44. The number of benzene rings is 1. The van der Waals surface area contributed by atoms with Crippen molar-refractivity contribution in [1.29, 1.82) is 0 Å². The Hall–Kier alpha value is -0.820. The van der Waals surface area contributed by atoms with Crippen molar-refractivity contribution in [3.63, 3.8) is 0 Å². The zero-order valence-electron chi connectivity index (χ0n) is 11.5. The minimum absolute atomic E-state index is 0.0419. The number of sulfonamides is 1. The molecule has 1 unspecified atom stereocenters. The SMILES string of the molecule is CCN1CCCC1CNS(=O)(=O)c1cc(N)ccc1Cl. The molecule has 1 saturated heterocycles. The van der Waals surface area contributed by atoms with Gasteiger partial charge in [-0.25, -0.2) is 13.1 Å². The fourth-order valence-corrected chi connectivity index (χ4v) is 4.16. The van der Waals surface area contributed by atoms with Crippen LogP contribution in [0.5, 0.6) is 0 Å². The van der Waals surface area contributed by atoms with E-state index < -0.39 is 10.0 Å². The second-order valence-electron chi connectivity index (χ2n) is 4.97. The van der Waals surface area contributed by atoms with Crippen LogP contribution in [0.2, 0.25) is 5.02 Å². The number of rotatable bonds is 5. The van der Waals surface area contributed by atoms with Gasteiger partial charge in [-0.2, -0.15) is 0 Å². The van der Waals surface area contributed by atoms with Gasteiger partial charge in [-0.05, 0) is 44.1 Å². The number of nitrogens with two attached hydrogens (primary N) is 1. The average molecular weight is 318 g/mol. The van der Waals surface area contributed by atoms with Crippen molar-refractivity contribution in [3.05, 3.63) is 23.2 Å². The Kier molecular flexibility index (Phi) is 4.90. The van der Waals surface area contributed by atoms with Gasteiger partial charge in [-0.15, -0.1) is 0 Å². The number of nitrogen functional groups attached to an aromatic ring is 1. The first-order valence-corrected chi connectivity index (χ1v) is 8.59. The summed E-state index contributed by atoms with van der Waals surface area (Å²) in [5.41, 5.74) is 6.01. The summed E-state index contributed by atoms with van der Waals surface area (Å²) in [6.07, 6.45) is 2.13. The van der Waals surface area contributed by atoms with Gasteiger partial charge in [0.05, 0.1) is 5.02 Å². The molecule has 1 aromatic rings. The van der Waals surface area contributed by atoms with E-state index in [1.54, 1.807) is 6.07 Å². The van der Waals surface area contributed by atoms with Gasteiger partial charge in [0, 0.05) is 18.3 Å². The molecule has 7 heteroatoms. The van der Waals surface area contributed by atoms with Gasteiger partial charge in [-0.3, -0.25) is 4.90 Å². The Labute approximate surface area is 125 Å². The normalized spacial score (nSPS) is 20.4. The Morgan fingerprint density at radius 3 is 2.95 bits per heavy atom. The Balaban J connectivity index is 2.09. The number of nitrogens with one attached hydrogen (secondary N) is 1. The summed E-state index contributed by atoms with van der Waals surface area (Å²) in [6, 6.07) is 4.72. The van der Waals surface area contributed by atoms with Gasteiger partial charge >= 0.3 is 0 Å². The lowest BCUT2D eigenvalue weighted by Crippen LogP contribution is -2.40. The maximum absolute atomic E-state index is 12.3. The predicted molar refractivity (Wildman–Crippen MR) is 81.3 cm³/mol. The van der Waals surface area contributed by atoms with E-state index in [2.05, 4.69) is 16.5 Å². The van der Waals surface area contributed by atoms with Crippen LogP contribution >= 0.6 is 11.6 Å². The molecule has 112 valence electrons. The molecule has 1 fully saturated rings. The van der Waals surface area contributed by atoms with Gasteiger partial charge in [0.2, 0.25) is 10.0 Å². The fourth-order valence-electron chi connectivity index (χ4n) is 2.55. The average Bonchev–Trinajstić information content (AvgIpc) is 2.86. The standard InChI is InChI=1S/C13H20ClN3O2S/c1-2-17-7-3-4-11(17)9-16-20(18,19)13-8-10(15)5-6-12(13)14/h5-6,8,11,16H,2-4,7,9,15H2,1H3. The summed E-state index contributed by atoms with van der Waals surface area (Å²) in [7, 11) is -3.62. The van der Waals surface area contributed by atoms with Crippen molar-refractivity contribution < 1.29 is 8.42 Å². The van der Waals surface area contributed by atoms with Gasteiger partial charge < -0.3 is 5.73 Å². The van der Waals surface area contributed by atoms with E-state index in [9.17, 15) is 8.42 Å². The molecule has 0 aliphatic carbocycles. The maximum atomic E-state index is 12.3. The van der Waals surface area contributed by atoms with E-state index in [0.717, 1.165) is 25.9 Å². The molecule has 0 spiro atoms. The van der Waals surface area contributed by atoms with Crippen LogP contribution in [-0.2, 0) is 10.0 Å². The number of anilines is 1. The summed E-state index contributed by atoms with van der Waals surface area (Å²) in [6.45, 7) is 4.45. The van der Waals surface area contributed by atoms with E-state index >= 15 is 0 Å². The molecule has 1 atom stereocenters. The lowest BCUT2D eigenvalue weighted by molar-refractivity contribution is 0.268. The van der Waals surface area contributed by atoms with Crippen LogP contribution in [0.4, 0.5) is 5.69 Å². The van der Waals surface area contributed by atoms with Crippen LogP contribution in [0, 0.1) is 0 Å². The molecule has 0 saturated carbocycles. The Morgan fingerprint density at radius 1 is 1.50 bits per heavy atom. The largest absolute Gasteiger partial charge is 0.399 e. The van der Waals surface area contributed by atoms with E-state index in [4.69, 9.17) is 17.3 Å². The molecular formula is C13H20ClN3O2S. The maximum Gasteiger partial charge on any atom is 0.242 e. The number of hydrogen-bond acceptors (Lipinski definition) is 4. The molecule has 1 heterocycles. The highest BCUT2D eigenvalue weighted by Gasteiger charge is 2.26. The highest BCUT2D eigenvalue weighted by Crippen LogP contribution is 2.24. The lowest BCUT2D eigenvalue weighted by atomic mass is 10.2. The number of likely N-dealkylation sites (tertiary alicyclic amines) is 1. The van der Waals surface area contributed by atoms with Crippen molar-refractivity contribution in [3.8, 4) is 0 Å².